The molecule has 0 aromatic heterocycles. The number of piperidine rings is 1. The molecule has 0 spiro atoms. The maximum Gasteiger partial charge on any atom is 0.224 e. The number of anilines is 1. The molecule has 1 aromatic rings. The quantitative estimate of drug-likeness (QED) is 0.818. The maximum absolute atomic E-state index is 12.4. The number of nitrogens with zero attached hydrogens (tertiary/aromatic N) is 2. The Morgan fingerprint density at radius 3 is 2.73 bits per heavy atom. The number of rotatable bonds is 4. The molecule has 5 heteroatoms. The summed E-state index contributed by atoms with van der Waals surface area (Å²) in [5.41, 5.74) is 0.815. The average molecular weight is 367 g/mol. The molecule has 0 aliphatic carbocycles. The molecule has 0 radical (unpaired) electrons. The van der Waals surface area contributed by atoms with E-state index in [0.717, 1.165) is 29.7 Å². The number of carbonyl (C=O) groups excluding carboxylic acids is 2. The Morgan fingerprint density at radius 2 is 2.09 bits per heavy atom. The van der Waals surface area contributed by atoms with Crippen molar-refractivity contribution < 1.29 is 9.59 Å². The number of halogens is 1. The normalized spacial score (nSPS) is 18.1. The molecule has 0 bridgehead atoms. The van der Waals surface area contributed by atoms with Gasteiger partial charge in [0, 0.05) is 37.5 Å². The largest absolute Gasteiger partial charge is 0.342 e. The number of likely N-dealkylation sites (tertiary alicyclic amines) is 1. The fourth-order valence-corrected chi connectivity index (χ4v) is 3.40. The lowest BCUT2D eigenvalue weighted by Crippen LogP contribution is -2.41. The zero-order chi connectivity index (χ0) is 16.1. The Balaban J connectivity index is 1.99. The molecule has 2 amide bonds. The van der Waals surface area contributed by atoms with Crippen molar-refractivity contribution in [1.82, 2.24) is 4.90 Å². The fraction of sp³-hybridized carbons (Fsp3) is 0.529. The molecular formula is C17H23BrN2O2. The predicted octanol–water partition coefficient (Wildman–Crippen LogP) is 3.45. The van der Waals surface area contributed by atoms with Crippen molar-refractivity contribution in [1.29, 1.82) is 0 Å². The van der Waals surface area contributed by atoms with E-state index in [1.165, 1.54) is 13.3 Å². The average Bonchev–Trinajstić information content (AvgIpc) is 2.48. The van der Waals surface area contributed by atoms with Crippen LogP contribution in [0.5, 0.6) is 0 Å². The topological polar surface area (TPSA) is 40.6 Å². The summed E-state index contributed by atoms with van der Waals surface area (Å²) in [5.74, 6) is 0.668. The Labute approximate surface area is 140 Å². The third-order valence-electron chi connectivity index (χ3n) is 4.08. The standard InChI is InChI=1S/C17H23BrN2O2/c1-13-6-5-10-19(12-13)17(22)9-11-20(14(2)21)16-8-4-3-7-15(16)18/h3-4,7-8,13H,5-6,9-12H2,1-2H3. The second-order valence-corrected chi connectivity index (χ2v) is 6.81. The maximum atomic E-state index is 12.4. The van der Waals surface area contributed by atoms with Crippen molar-refractivity contribution in [3.05, 3.63) is 28.7 Å². The number of benzene rings is 1. The highest BCUT2D eigenvalue weighted by Gasteiger charge is 2.22. The first-order valence-corrected chi connectivity index (χ1v) is 8.58. The molecule has 1 aromatic carbocycles. The highest BCUT2D eigenvalue weighted by molar-refractivity contribution is 9.10. The molecule has 120 valence electrons. The molecule has 1 atom stereocenters. The fourth-order valence-electron chi connectivity index (χ4n) is 2.90. The third kappa shape index (κ3) is 4.32. The zero-order valence-electron chi connectivity index (χ0n) is 13.2. The first-order valence-electron chi connectivity index (χ1n) is 7.79. The molecule has 2 rings (SSSR count). The minimum Gasteiger partial charge on any atom is -0.342 e. The summed E-state index contributed by atoms with van der Waals surface area (Å²) in [7, 11) is 0. The summed E-state index contributed by atoms with van der Waals surface area (Å²) in [6.45, 7) is 5.82. The zero-order valence-corrected chi connectivity index (χ0v) is 14.8. The van der Waals surface area contributed by atoms with Gasteiger partial charge in [0.25, 0.3) is 0 Å². The summed E-state index contributed by atoms with van der Waals surface area (Å²) in [6.07, 6.45) is 2.64. The van der Waals surface area contributed by atoms with Crippen LogP contribution in [0.4, 0.5) is 5.69 Å². The van der Waals surface area contributed by atoms with Crippen LogP contribution in [-0.4, -0.2) is 36.3 Å². The third-order valence-corrected chi connectivity index (χ3v) is 4.75. The number of hydrogen-bond acceptors (Lipinski definition) is 2. The SMILES string of the molecule is CC(=O)N(CCC(=O)N1CCCC(C)C1)c1ccccc1Br. The van der Waals surface area contributed by atoms with Gasteiger partial charge in [-0.05, 0) is 46.8 Å². The molecule has 1 aliphatic heterocycles. The number of hydrogen-bond donors (Lipinski definition) is 0. The first-order chi connectivity index (χ1) is 10.5. The van der Waals surface area contributed by atoms with E-state index in [1.54, 1.807) is 4.90 Å². The van der Waals surface area contributed by atoms with E-state index in [2.05, 4.69) is 22.9 Å². The lowest BCUT2D eigenvalue weighted by atomic mass is 10.00. The smallest absolute Gasteiger partial charge is 0.224 e. The second-order valence-electron chi connectivity index (χ2n) is 5.96. The summed E-state index contributed by atoms with van der Waals surface area (Å²) < 4.78 is 0.865. The van der Waals surface area contributed by atoms with Crippen LogP contribution in [-0.2, 0) is 9.59 Å². The van der Waals surface area contributed by atoms with Gasteiger partial charge in [-0.1, -0.05) is 19.1 Å². The van der Waals surface area contributed by atoms with Crippen molar-refractivity contribution in [3.63, 3.8) is 0 Å². The van der Waals surface area contributed by atoms with Gasteiger partial charge in [-0.2, -0.15) is 0 Å². The van der Waals surface area contributed by atoms with E-state index in [9.17, 15) is 9.59 Å². The van der Waals surface area contributed by atoms with Gasteiger partial charge in [0.05, 0.1) is 5.69 Å². The van der Waals surface area contributed by atoms with Crippen LogP contribution < -0.4 is 4.90 Å². The van der Waals surface area contributed by atoms with Crippen LogP contribution in [0, 0.1) is 5.92 Å². The lowest BCUT2D eigenvalue weighted by molar-refractivity contribution is -0.132. The number of carbonyl (C=O) groups is 2. The molecule has 1 aliphatic rings. The van der Waals surface area contributed by atoms with E-state index in [-0.39, 0.29) is 11.8 Å². The molecule has 1 saturated heterocycles. The number of amides is 2. The van der Waals surface area contributed by atoms with E-state index >= 15 is 0 Å². The highest BCUT2D eigenvalue weighted by Crippen LogP contribution is 2.26. The molecule has 1 heterocycles. The van der Waals surface area contributed by atoms with Gasteiger partial charge in [-0.15, -0.1) is 0 Å². The van der Waals surface area contributed by atoms with E-state index in [0.29, 0.717) is 18.9 Å². The van der Waals surface area contributed by atoms with Crippen LogP contribution >= 0.6 is 15.9 Å². The summed E-state index contributed by atoms with van der Waals surface area (Å²) in [5, 5.41) is 0. The van der Waals surface area contributed by atoms with Gasteiger partial charge in [0.2, 0.25) is 11.8 Å². The molecule has 1 fully saturated rings. The molecule has 0 saturated carbocycles. The predicted molar refractivity (Wildman–Crippen MR) is 91.8 cm³/mol. The monoisotopic (exact) mass is 366 g/mol. The number of para-hydroxylation sites is 1. The van der Waals surface area contributed by atoms with Crippen molar-refractivity contribution >= 4 is 33.4 Å². The van der Waals surface area contributed by atoms with Crippen LogP contribution in [0.2, 0.25) is 0 Å². The van der Waals surface area contributed by atoms with E-state index < -0.39 is 0 Å². The van der Waals surface area contributed by atoms with Crippen LogP contribution in [0.3, 0.4) is 0 Å². The Kier molecular flexibility index (Phi) is 6.00. The van der Waals surface area contributed by atoms with E-state index in [4.69, 9.17) is 0 Å². The minimum absolute atomic E-state index is 0.0493. The Morgan fingerprint density at radius 1 is 1.36 bits per heavy atom. The highest BCUT2D eigenvalue weighted by atomic mass is 79.9. The summed E-state index contributed by atoms with van der Waals surface area (Å²) >= 11 is 3.47. The molecule has 4 nitrogen and oxygen atoms in total. The van der Waals surface area contributed by atoms with Gasteiger partial charge in [0.15, 0.2) is 0 Å². The van der Waals surface area contributed by atoms with Gasteiger partial charge >= 0.3 is 0 Å². The Bertz CT molecular complexity index is 547. The van der Waals surface area contributed by atoms with Gasteiger partial charge in [-0.25, -0.2) is 0 Å². The first kappa shape index (κ1) is 17.0. The van der Waals surface area contributed by atoms with Crippen molar-refractivity contribution in [2.24, 2.45) is 5.92 Å². The molecular weight excluding hydrogens is 344 g/mol. The molecule has 22 heavy (non-hydrogen) atoms. The van der Waals surface area contributed by atoms with Crippen molar-refractivity contribution in [2.75, 3.05) is 24.5 Å². The van der Waals surface area contributed by atoms with E-state index in [1.807, 2.05) is 29.2 Å². The van der Waals surface area contributed by atoms with Crippen molar-refractivity contribution in [2.45, 2.75) is 33.1 Å². The van der Waals surface area contributed by atoms with Crippen LogP contribution in [0.15, 0.2) is 28.7 Å². The molecule has 1 unspecified atom stereocenters. The van der Waals surface area contributed by atoms with Gasteiger partial charge in [-0.3, -0.25) is 9.59 Å². The van der Waals surface area contributed by atoms with Crippen LogP contribution in [0.1, 0.15) is 33.1 Å². The van der Waals surface area contributed by atoms with Crippen molar-refractivity contribution in [3.8, 4) is 0 Å². The summed E-state index contributed by atoms with van der Waals surface area (Å²) in [4.78, 5) is 27.9. The second kappa shape index (κ2) is 7.77. The molecule has 0 N–H and O–H groups in total. The van der Waals surface area contributed by atoms with Gasteiger partial charge in [0.1, 0.15) is 0 Å². The summed E-state index contributed by atoms with van der Waals surface area (Å²) in [6, 6.07) is 7.59. The van der Waals surface area contributed by atoms with Gasteiger partial charge < -0.3 is 9.80 Å². The van der Waals surface area contributed by atoms with Crippen LogP contribution in [0.25, 0.3) is 0 Å². The minimum atomic E-state index is -0.0493. The lowest BCUT2D eigenvalue weighted by Gasteiger charge is -2.32. The Hall–Kier alpha value is -1.36.